The predicted molar refractivity (Wildman–Crippen MR) is 76.9 cm³/mol. The molecule has 0 amide bonds. The highest BCUT2D eigenvalue weighted by Crippen LogP contribution is 2.23. The van der Waals surface area contributed by atoms with E-state index < -0.39 is 0 Å². The van der Waals surface area contributed by atoms with Crippen LogP contribution in [0.5, 0.6) is 0 Å². The summed E-state index contributed by atoms with van der Waals surface area (Å²) in [6.07, 6.45) is 2.74. The molecule has 2 rings (SSSR count). The first-order chi connectivity index (χ1) is 7.70. The number of hydrogen-bond donors (Lipinski definition) is 0. The van der Waals surface area contributed by atoms with E-state index in [-0.39, 0.29) is 0 Å². The highest BCUT2D eigenvalue weighted by atomic mass is 127. The van der Waals surface area contributed by atoms with Gasteiger partial charge in [-0.25, -0.2) is 3.11 Å². The molecule has 2 aliphatic heterocycles. The fourth-order valence-electron chi connectivity index (χ4n) is 3.06. The molecule has 16 heavy (non-hydrogen) atoms. The fourth-order valence-corrected chi connectivity index (χ4v) is 3.49. The number of piperazine rings is 1. The maximum atomic E-state index is 2.72. The molecular formula is C12H24IN3. The van der Waals surface area contributed by atoms with Gasteiger partial charge in [-0.2, -0.15) is 0 Å². The van der Waals surface area contributed by atoms with Crippen molar-refractivity contribution in [2.75, 3.05) is 39.3 Å². The molecule has 0 aromatic heterocycles. The Morgan fingerprint density at radius 1 is 1.12 bits per heavy atom. The highest BCUT2D eigenvalue weighted by molar-refractivity contribution is 14.1. The van der Waals surface area contributed by atoms with E-state index >= 15 is 0 Å². The number of halogens is 1. The second kappa shape index (κ2) is 5.98. The molecule has 0 bridgehead atoms. The Kier molecular flexibility index (Phi) is 4.88. The van der Waals surface area contributed by atoms with Crippen molar-refractivity contribution in [3.63, 3.8) is 0 Å². The summed E-state index contributed by atoms with van der Waals surface area (Å²) in [5.41, 5.74) is 0. The van der Waals surface area contributed by atoms with Gasteiger partial charge in [0.05, 0.1) is 0 Å². The smallest absolute Gasteiger partial charge is 0.0209 e. The zero-order valence-corrected chi connectivity index (χ0v) is 12.7. The lowest BCUT2D eigenvalue weighted by molar-refractivity contribution is 0.0603. The van der Waals surface area contributed by atoms with Crippen molar-refractivity contribution in [1.29, 1.82) is 0 Å². The molecule has 2 saturated heterocycles. The topological polar surface area (TPSA) is 9.72 Å². The minimum absolute atomic E-state index is 0.779. The normalized spacial score (nSPS) is 35.4. The first-order valence-corrected chi connectivity index (χ1v) is 7.56. The molecule has 0 spiro atoms. The van der Waals surface area contributed by atoms with Crippen LogP contribution in [0.1, 0.15) is 26.7 Å². The lowest BCUT2D eigenvalue weighted by atomic mass is 9.96. The van der Waals surface area contributed by atoms with Crippen LogP contribution in [-0.4, -0.2) is 64.3 Å². The first-order valence-electron chi connectivity index (χ1n) is 6.59. The van der Waals surface area contributed by atoms with Crippen molar-refractivity contribution in [3.8, 4) is 0 Å². The molecule has 4 heteroatoms. The van der Waals surface area contributed by atoms with Crippen LogP contribution < -0.4 is 0 Å². The summed E-state index contributed by atoms with van der Waals surface area (Å²) in [5, 5.41) is 0. The maximum Gasteiger partial charge on any atom is 0.0209 e. The molecule has 94 valence electrons. The molecule has 3 nitrogen and oxygen atoms in total. The third-order valence-corrected chi connectivity index (χ3v) is 5.13. The second-order valence-electron chi connectivity index (χ2n) is 5.10. The van der Waals surface area contributed by atoms with Crippen LogP contribution in [0.4, 0.5) is 0 Å². The lowest BCUT2D eigenvalue weighted by Gasteiger charge is -2.44. The molecule has 0 radical (unpaired) electrons. The third-order valence-electron chi connectivity index (χ3n) is 4.17. The Morgan fingerprint density at radius 3 is 2.38 bits per heavy atom. The van der Waals surface area contributed by atoms with Crippen LogP contribution in [0, 0.1) is 0 Å². The maximum absolute atomic E-state index is 2.72. The minimum atomic E-state index is 0.779. The molecule has 0 aromatic carbocycles. The Labute approximate surface area is 114 Å². The lowest BCUT2D eigenvalue weighted by Crippen LogP contribution is -2.53. The average molecular weight is 337 g/mol. The second-order valence-corrected chi connectivity index (χ2v) is 6.47. The van der Waals surface area contributed by atoms with E-state index in [4.69, 9.17) is 0 Å². The van der Waals surface area contributed by atoms with Gasteiger partial charge < -0.3 is 4.90 Å². The molecular weight excluding hydrogens is 313 g/mol. The van der Waals surface area contributed by atoms with Gasteiger partial charge in [-0.15, -0.1) is 0 Å². The summed E-state index contributed by atoms with van der Waals surface area (Å²) in [6, 6.07) is 1.63. The molecule has 0 saturated carbocycles. The molecule has 0 N–H and O–H groups in total. The van der Waals surface area contributed by atoms with Crippen LogP contribution in [-0.2, 0) is 0 Å². The van der Waals surface area contributed by atoms with E-state index in [1.54, 1.807) is 0 Å². The number of rotatable bonds is 2. The van der Waals surface area contributed by atoms with Crippen LogP contribution in [0.3, 0.4) is 0 Å². The molecule has 2 atom stereocenters. The van der Waals surface area contributed by atoms with Crippen molar-refractivity contribution in [2.45, 2.75) is 38.8 Å². The zero-order chi connectivity index (χ0) is 11.5. The van der Waals surface area contributed by atoms with Crippen molar-refractivity contribution < 1.29 is 0 Å². The summed E-state index contributed by atoms with van der Waals surface area (Å²) >= 11 is 2.45. The van der Waals surface area contributed by atoms with Gasteiger partial charge in [0.1, 0.15) is 0 Å². The van der Waals surface area contributed by atoms with Gasteiger partial charge in [-0.3, -0.25) is 4.90 Å². The Bertz CT molecular complexity index is 216. The van der Waals surface area contributed by atoms with E-state index in [1.807, 2.05) is 0 Å². The van der Waals surface area contributed by atoms with E-state index in [9.17, 15) is 0 Å². The van der Waals surface area contributed by atoms with Gasteiger partial charge in [0, 0.05) is 61.1 Å². The number of piperidine rings is 1. The standard InChI is InChI=1S/C12H24IN3/c1-3-14-5-4-12(10-11(14)2)15-6-8-16(13)9-7-15/h11-12H,3-10H2,1-2H3/t11-,12?/m0/s1. The van der Waals surface area contributed by atoms with Crippen LogP contribution in [0.25, 0.3) is 0 Å². The largest absolute Gasteiger partial charge is 0.301 e. The summed E-state index contributed by atoms with van der Waals surface area (Å²) in [4.78, 5) is 5.34. The van der Waals surface area contributed by atoms with Gasteiger partial charge >= 0.3 is 0 Å². The molecule has 1 unspecified atom stereocenters. The summed E-state index contributed by atoms with van der Waals surface area (Å²) in [5.74, 6) is 0. The van der Waals surface area contributed by atoms with Crippen LogP contribution in [0.2, 0.25) is 0 Å². The van der Waals surface area contributed by atoms with Crippen LogP contribution in [0.15, 0.2) is 0 Å². The molecule has 0 aromatic rings. The van der Waals surface area contributed by atoms with Gasteiger partial charge in [0.15, 0.2) is 0 Å². The quantitative estimate of drug-likeness (QED) is 0.562. The van der Waals surface area contributed by atoms with E-state index in [1.165, 1.54) is 52.1 Å². The Morgan fingerprint density at radius 2 is 1.81 bits per heavy atom. The van der Waals surface area contributed by atoms with Gasteiger partial charge in [0.25, 0.3) is 0 Å². The summed E-state index contributed by atoms with van der Waals surface area (Å²) in [6.45, 7) is 12.2. The van der Waals surface area contributed by atoms with Crippen molar-refractivity contribution in [2.24, 2.45) is 0 Å². The minimum Gasteiger partial charge on any atom is -0.301 e. The van der Waals surface area contributed by atoms with E-state index in [0.29, 0.717) is 0 Å². The predicted octanol–water partition coefficient (Wildman–Crippen LogP) is 1.83. The van der Waals surface area contributed by atoms with Crippen molar-refractivity contribution >= 4 is 22.9 Å². The molecule has 2 aliphatic rings. The number of likely N-dealkylation sites (tertiary alicyclic amines) is 1. The number of hydrogen-bond acceptors (Lipinski definition) is 3. The Hall–Kier alpha value is 0.610. The van der Waals surface area contributed by atoms with Crippen molar-refractivity contribution in [3.05, 3.63) is 0 Å². The Balaban J connectivity index is 1.83. The monoisotopic (exact) mass is 337 g/mol. The van der Waals surface area contributed by atoms with Gasteiger partial charge in [-0.1, -0.05) is 6.92 Å². The SMILES string of the molecule is CCN1CCC(N2CCN(I)CC2)C[C@@H]1C. The van der Waals surface area contributed by atoms with E-state index in [0.717, 1.165) is 12.1 Å². The number of nitrogens with zero attached hydrogens (tertiary/aromatic N) is 3. The highest BCUT2D eigenvalue weighted by Gasteiger charge is 2.29. The summed E-state index contributed by atoms with van der Waals surface area (Å²) < 4.78 is 2.42. The van der Waals surface area contributed by atoms with E-state index in [2.05, 4.69) is 49.6 Å². The molecule has 0 aliphatic carbocycles. The van der Waals surface area contributed by atoms with Crippen LogP contribution >= 0.6 is 22.9 Å². The zero-order valence-electron chi connectivity index (χ0n) is 10.5. The average Bonchev–Trinajstić information content (AvgIpc) is 2.30. The third kappa shape index (κ3) is 3.09. The summed E-state index contributed by atoms with van der Waals surface area (Å²) in [7, 11) is 0. The first kappa shape index (κ1) is 13.1. The fraction of sp³-hybridized carbons (Fsp3) is 1.00. The van der Waals surface area contributed by atoms with Gasteiger partial charge in [-0.05, 0) is 32.9 Å². The van der Waals surface area contributed by atoms with Gasteiger partial charge in [0.2, 0.25) is 0 Å². The molecule has 2 heterocycles. The van der Waals surface area contributed by atoms with Crippen molar-refractivity contribution in [1.82, 2.24) is 12.9 Å². The molecule has 2 fully saturated rings.